The van der Waals surface area contributed by atoms with Crippen LogP contribution in [0.3, 0.4) is 0 Å². The number of primary amides is 1. The first-order valence-electron chi connectivity index (χ1n) is 5.44. The maximum atomic E-state index is 11.0. The Hall–Kier alpha value is -1.75. The summed E-state index contributed by atoms with van der Waals surface area (Å²) in [7, 11) is 0. The fourth-order valence-corrected chi connectivity index (χ4v) is 1.54. The number of anilines is 2. The Balaban J connectivity index is 2.90. The van der Waals surface area contributed by atoms with Gasteiger partial charge >= 0.3 is 0 Å². The molecule has 1 rings (SSSR count). The molecule has 0 aliphatic rings. The highest BCUT2D eigenvalue weighted by atomic mass is 16.3. The molecule has 0 saturated heterocycles. The van der Waals surface area contributed by atoms with Gasteiger partial charge in [0.1, 0.15) is 0 Å². The summed E-state index contributed by atoms with van der Waals surface area (Å²) >= 11 is 0. The van der Waals surface area contributed by atoms with Crippen LogP contribution in [0.15, 0.2) is 18.2 Å². The maximum absolute atomic E-state index is 11.0. The average molecular weight is 237 g/mol. The van der Waals surface area contributed by atoms with Crippen molar-refractivity contribution in [2.24, 2.45) is 5.73 Å². The smallest absolute Gasteiger partial charge is 0.248 e. The van der Waals surface area contributed by atoms with Crippen LogP contribution < -0.4 is 16.8 Å². The molecule has 5 heteroatoms. The second-order valence-corrected chi connectivity index (χ2v) is 4.65. The van der Waals surface area contributed by atoms with Gasteiger partial charge in [-0.2, -0.15) is 0 Å². The molecule has 1 amide bonds. The lowest BCUT2D eigenvalue weighted by Gasteiger charge is -2.27. The quantitative estimate of drug-likeness (QED) is 0.572. The summed E-state index contributed by atoms with van der Waals surface area (Å²) in [6.45, 7) is 4.02. The van der Waals surface area contributed by atoms with Crippen molar-refractivity contribution in [3.05, 3.63) is 23.8 Å². The van der Waals surface area contributed by atoms with E-state index in [1.165, 1.54) is 0 Å². The lowest BCUT2D eigenvalue weighted by atomic mass is 10.00. The number of carbonyl (C=O) groups is 1. The van der Waals surface area contributed by atoms with Gasteiger partial charge in [-0.15, -0.1) is 0 Å². The SMILES string of the molecule is CC(C)(CCO)Nc1ccc(C(N)=O)cc1N. The number of amides is 1. The molecule has 0 fully saturated rings. The first kappa shape index (κ1) is 13.3. The zero-order valence-electron chi connectivity index (χ0n) is 10.2. The second-order valence-electron chi connectivity index (χ2n) is 4.65. The highest BCUT2D eigenvalue weighted by Gasteiger charge is 2.17. The van der Waals surface area contributed by atoms with Crippen LogP contribution in [0, 0.1) is 0 Å². The third-order valence-corrected chi connectivity index (χ3v) is 2.55. The zero-order chi connectivity index (χ0) is 13.1. The molecule has 17 heavy (non-hydrogen) atoms. The van der Waals surface area contributed by atoms with Crippen molar-refractivity contribution in [3.8, 4) is 0 Å². The van der Waals surface area contributed by atoms with Crippen molar-refractivity contribution in [2.45, 2.75) is 25.8 Å². The predicted molar refractivity (Wildman–Crippen MR) is 68.8 cm³/mol. The number of hydrogen-bond acceptors (Lipinski definition) is 4. The number of aliphatic hydroxyl groups is 1. The summed E-state index contributed by atoms with van der Waals surface area (Å²) in [5.41, 5.74) is 12.3. The van der Waals surface area contributed by atoms with Crippen LogP contribution in [0.5, 0.6) is 0 Å². The number of hydrogen-bond donors (Lipinski definition) is 4. The van der Waals surface area contributed by atoms with Gasteiger partial charge in [-0.3, -0.25) is 4.79 Å². The molecule has 0 spiro atoms. The van der Waals surface area contributed by atoms with E-state index in [-0.39, 0.29) is 12.1 Å². The molecule has 0 aliphatic heterocycles. The van der Waals surface area contributed by atoms with Crippen LogP contribution in [0.1, 0.15) is 30.6 Å². The van der Waals surface area contributed by atoms with Gasteiger partial charge in [0.2, 0.25) is 5.91 Å². The van der Waals surface area contributed by atoms with Crippen LogP contribution in [-0.4, -0.2) is 23.2 Å². The Morgan fingerprint density at radius 1 is 1.47 bits per heavy atom. The molecular formula is C12H19N3O2. The predicted octanol–water partition coefficient (Wildman–Crippen LogP) is 0.941. The van der Waals surface area contributed by atoms with Gasteiger partial charge in [-0.25, -0.2) is 0 Å². The molecule has 0 saturated carbocycles. The number of nitrogen functional groups attached to an aromatic ring is 1. The third-order valence-electron chi connectivity index (χ3n) is 2.55. The molecule has 0 heterocycles. The molecule has 1 aromatic rings. The lowest BCUT2D eigenvalue weighted by Crippen LogP contribution is -2.32. The number of aliphatic hydroxyl groups excluding tert-OH is 1. The monoisotopic (exact) mass is 237 g/mol. The number of nitrogens with one attached hydrogen (secondary N) is 1. The van der Waals surface area contributed by atoms with Gasteiger partial charge < -0.3 is 21.9 Å². The molecule has 0 bridgehead atoms. The van der Waals surface area contributed by atoms with Crippen LogP contribution in [0.4, 0.5) is 11.4 Å². The van der Waals surface area contributed by atoms with E-state index in [0.29, 0.717) is 17.7 Å². The van der Waals surface area contributed by atoms with E-state index in [9.17, 15) is 4.79 Å². The van der Waals surface area contributed by atoms with Gasteiger partial charge in [0.25, 0.3) is 0 Å². The maximum Gasteiger partial charge on any atom is 0.248 e. The number of rotatable bonds is 5. The first-order chi connectivity index (χ1) is 7.85. The third kappa shape index (κ3) is 3.64. The van der Waals surface area contributed by atoms with Crippen molar-refractivity contribution in [1.82, 2.24) is 0 Å². The molecule has 0 atom stereocenters. The topological polar surface area (TPSA) is 101 Å². The normalized spacial score (nSPS) is 11.2. The van der Waals surface area contributed by atoms with E-state index in [1.807, 2.05) is 13.8 Å². The Kier molecular flexibility index (Phi) is 3.96. The average Bonchev–Trinajstić information content (AvgIpc) is 2.20. The molecule has 0 radical (unpaired) electrons. The first-order valence-corrected chi connectivity index (χ1v) is 5.44. The molecule has 94 valence electrons. The van der Waals surface area contributed by atoms with E-state index in [4.69, 9.17) is 16.6 Å². The lowest BCUT2D eigenvalue weighted by molar-refractivity contribution is 0.100. The highest BCUT2D eigenvalue weighted by Crippen LogP contribution is 2.24. The fraction of sp³-hybridized carbons (Fsp3) is 0.417. The molecule has 1 aromatic carbocycles. The zero-order valence-corrected chi connectivity index (χ0v) is 10.2. The van der Waals surface area contributed by atoms with E-state index in [2.05, 4.69) is 5.32 Å². The Bertz CT molecular complexity index is 416. The fourth-order valence-electron chi connectivity index (χ4n) is 1.54. The number of benzene rings is 1. The van der Waals surface area contributed by atoms with Crippen molar-refractivity contribution in [3.63, 3.8) is 0 Å². The van der Waals surface area contributed by atoms with Gasteiger partial charge in [0, 0.05) is 17.7 Å². The summed E-state index contributed by atoms with van der Waals surface area (Å²) < 4.78 is 0. The number of nitrogens with two attached hydrogens (primary N) is 2. The van der Waals surface area contributed by atoms with Crippen molar-refractivity contribution >= 4 is 17.3 Å². The number of carbonyl (C=O) groups excluding carboxylic acids is 1. The minimum atomic E-state index is -0.502. The minimum absolute atomic E-state index is 0.0965. The Morgan fingerprint density at radius 2 is 2.12 bits per heavy atom. The summed E-state index contributed by atoms with van der Waals surface area (Å²) in [5, 5.41) is 12.2. The van der Waals surface area contributed by atoms with Crippen molar-refractivity contribution in [2.75, 3.05) is 17.7 Å². The van der Waals surface area contributed by atoms with Crippen LogP contribution in [0.2, 0.25) is 0 Å². The molecule has 5 nitrogen and oxygen atoms in total. The van der Waals surface area contributed by atoms with Gasteiger partial charge in [0.15, 0.2) is 0 Å². The van der Waals surface area contributed by atoms with Crippen molar-refractivity contribution < 1.29 is 9.90 Å². The minimum Gasteiger partial charge on any atom is -0.397 e. The molecule has 6 N–H and O–H groups in total. The van der Waals surface area contributed by atoms with E-state index >= 15 is 0 Å². The van der Waals surface area contributed by atoms with Gasteiger partial charge in [-0.05, 0) is 38.5 Å². The second kappa shape index (κ2) is 5.05. The van der Waals surface area contributed by atoms with Crippen LogP contribution in [-0.2, 0) is 0 Å². The largest absolute Gasteiger partial charge is 0.397 e. The standard InChI is InChI=1S/C12H19N3O2/c1-12(2,5-6-16)15-10-4-3-8(11(14)17)7-9(10)13/h3-4,7,15-16H,5-6,13H2,1-2H3,(H2,14,17). The van der Waals surface area contributed by atoms with Gasteiger partial charge in [0.05, 0.1) is 11.4 Å². The summed E-state index contributed by atoms with van der Waals surface area (Å²) in [6.07, 6.45) is 0.601. The highest BCUT2D eigenvalue weighted by molar-refractivity contribution is 5.94. The van der Waals surface area contributed by atoms with Gasteiger partial charge in [-0.1, -0.05) is 0 Å². The Morgan fingerprint density at radius 3 is 2.59 bits per heavy atom. The summed E-state index contributed by atoms with van der Waals surface area (Å²) in [5.74, 6) is -0.502. The molecule has 0 unspecified atom stereocenters. The Labute approximate surface area is 101 Å². The van der Waals surface area contributed by atoms with E-state index in [1.54, 1.807) is 18.2 Å². The van der Waals surface area contributed by atoms with Crippen LogP contribution in [0.25, 0.3) is 0 Å². The summed E-state index contributed by atoms with van der Waals surface area (Å²) in [6, 6.07) is 4.88. The molecular weight excluding hydrogens is 218 g/mol. The van der Waals surface area contributed by atoms with E-state index < -0.39 is 5.91 Å². The molecule has 0 aliphatic carbocycles. The molecule has 0 aromatic heterocycles. The van der Waals surface area contributed by atoms with Crippen molar-refractivity contribution in [1.29, 1.82) is 0 Å². The summed E-state index contributed by atoms with van der Waals surface area (Å²) in [4.78, 5) is 11.0. The van der Waals surface area contributed by atoms with E-state index in [0.717, 1.165) is 5.69 Å². The van der Waals surface area contributed by atoms with Crippen LogP contribution >= 0.6 is 0 Å².